The van der Waals surface area contributed by atoms with Gasteiger partial charge in [0, 0.05) is 6.54 Å². The zero-order valence-electron chi connectivity index (χ0n) is 7.59. The lowest BCUT2D eigenvalue weighted by molar-refractivity contribution is -0.127. The van der Waals surface area contributed by atoms with E-state index < -0.39 is 11.5 Å². The molecule has 0 saturated heterocycles. The van der Waals surface area contributed by atoms with Gasteiger partial charge in [0.2, 0.25) is 5.91 Å². The predicted molar refractivity (Wildman–Crippen MR) is 44.1 cm³/mol. The van der Waals surface area contributed by atoms with Crippen LogP contribution in [0.3, 0.4) is 0 Å². The van der Waals surface area contributed by atoms with Crippen LogP contribution in [0.25, 0.3) is 0 Å². The van der Waals surface area contributed by atoms with E-state index in [0.717, 1.165) is 0 Å². The van der Waals surface area contributed by atoms with Gasteiger partial charge in [-0.15, -0.1) is 0 Å². The molecule has 1 unspecified atom stereocenters. The molecule has 1 amide bonds. The minimum Gasteiger partial charge on any atom is -0.392 e. The third kappa shape index (κ3) is 3.35. The summed E-state index contributed by atoms with van der Waals surface area (Å²) < 4.78 is 0. The van der Waals surface area contributed by atoms with Gasteiger partial charge in [0.15, 0.2) is 0 Å². The molecule has 4 heteroatoms. The van der Waals surface area contributed by atoms with Gasteiger partial charge in [-0.05, 0) is 20.8 Å². The largest absolute Gasteiger partial charge is 0.392 e. The van der Waals surface area contributed by atoms with E-state index in [1.807, 2.05) is 6.07 Å². The molecule has 1 atom stereocenters. The monoisotopic (exact) mass is 170 g/mol. The summed E-state index contributed by atoms with van der Waals surface area (Å²) in [6.07, 6.45) is -0.580. The van der Waals surface area contributed by atoms with E-state index in [0.29, 0.717) is 0 Å². The first-order chi connectivity index (χ1) is 5.40. The Hall–Kier alpha value is -1.08. The van der Waals surface area contributed by atoms with Crippen molar-refractivity contribution in [1.82, 2.24) is 5.32 Å². The van der Waals surface area contributed by atoms with Crippen molar-refractivity contribution in [1.29, 1.82) is 5.26 Å². The number of hydrogen-bond donors (Lipinski definition) is 2. The highest BCUT2D eigenvalue weighted by Gasteiger charge is 2.26. The number of rotatable bonds is 3. The summed E-state index contributed by atoms with van der Waals surface area (Å²) in [5, 5.41) is 19.9. The first-order valence-corrected chi connectivity index (χ1v) is 3.78. The number of nitriles is 1. The lowest BCUT2D eigenvalue weighted by Crippen LogP contribution is -2.39. The van der Waals surface area contributed by atoms with E-state index in [2.05, 4.69) is 5.32 Å². The summed E-state index contributed by atoms with van der Waals surface area (Å²) in [6, 6.07) is 1.87. The summed E-state index contributed by atoms with van der Waals surface area (Å²) in [7, 11) is 0. The summed E-state index contributed by atoms with van der Waals surface area (Å²) >= 11 is 0. The maximum absolute atomic E-state index is 11.2. The van der Waals surface area contributed by atoms with Crippen molar-refractivity contribution in [2.45, 2.75) is 26.9 Å². The highest BCUT2D eigenvalue weighted by Crippen LogP contribution is 2.12. The first kappa shape index (κ1) is 10.9. The number of hydrogen-bond acceptors (Lipinski definition) is 3. The summed E-state index contributed by atoms with van der Waals surface area (Å²) in [5.74, 6) is -0.356. The van der Waals surface area contributed by atoms with E-state index in [1.165, 1.54) is 13.8 Å². The average molecular weight is 170 g/mol. The third-order valence-electron chi connectivity index (χ3n) is 1.41. The molecule has 0 fully saturated rings. The fourth-order valence-electron chi connectivity index (χ4n) is 0.512. The standard InChI is InChI=1S/C8H14N2O2/c1-6(11)4-10-7(12)8(2,3)5-9/h6,11H,4H2,1-3H3,(H,10,12). The van der Waals surface area contributed by atoms with Gasteiger partial charge in [0.05, 0.1) is 12.2 Å². The molecule has 12 heavy (non-hydrogen) atoms. The molecule has 0 aliphatic rings. The summed E-state index contributed by atoms with van der Waals surface area (Å²) in [5.41, 5.74) is -1.02. The molecule has 4 nitrogen and oxygen atoms in total. The lowest BCUT2D eigenvalue weighted by Gasteiger charge is -2.15. The minimum absolute atomic E-state index is 0.184. The van der Waals surface area contributed by atoms with Gasteiger partial charge in [-0.2, -0.15) is 5.26 Å². The molecule has 0 aliphatic carbocycles. The quantitative estimate of drug-likeness (QED) is 0.627. The van der Waals surface area contributed by atoms with Crippen molar-refractivity contribution in [3.8, 4) is 6.07 Å². The average Bonchev–Trinajstić information content (AvgIpc) is 2.00. The van der Waals surface area contributed by atoms with Crippen LogP contribution in [0.1, 0.15) is 20.8 Å². The van der Waals surface area contributed by atoms with Gasteiger partial charge in [-0.1, -0.05) is 0 Å². The van der Waals surface area contributed by atoms with Crippen molar-refractivity contribution in [3.05, 3.63) is 0 Å². The highest BCUT2D eigenvalue weighted by molar-refractivity contribution is 5.84. The number of aliphatic hydroxyl groups excluding tert-OH is 1. The Bertz CT molecular complexity index is 204. The van der Waals surface area contributed by atoms with Crippen molar-refractivity contribution < 1.29 is 9.90 Å². The minimum atomic E-state index is -1.02. The first-order valence-electron chi connectivity index (χ1n) is 3.78. The lowest BCUT2D eigenvalue weighted by atomic mass is 9.95. The van der Waals surface area contributed by atoms with Crippen molar-refractivity contribution >= 4 is 5.91 Å². The molecule has 68 valence electrons. The number of nitrogens with zero attached hydrogens (tertiary/aromatic N) is 1. The van der Waals surface area contributed by atoms with Crippen LogP contribution < -0.4 is 5.32 Å². The molecular weight excluding hydrogens is 156 g/mol. The Morgan fingerprint density at radius 1 is 1.75 bits per heavy atom. The second-order valence-corrected chi connectivity index (χ2v) is 3.30. The van der Waals surface area contributed by atoms with Crippen molar-refractivity contribution in [3.63, 3.8) is 0 Å². The molecule has 0 saturated carbocycles. The van der Waals surface area contributed by atoms with Gasteiger partial charge in [-0.3, -0.25) is 4.79 Å². The maximum Gasteiger partial charge on any atom is 0.239 e. The van der Waals surface area contributed by atoms with Crippen molar-refractivity contribution in [2.75, 3.05) is 6.54 Å². The molecule has 0 aliphatic heterocycles. The van der Waals surface area contributed by atoms with Crippen LogP contribution in [0.15, 0.2) is 0 Å². The molecule has 0 heterocycles. The molecule has 2 N–H and O–H groups in total. The van der Waals surface area contributed by atoms with E-state index in [4.69, 9.17) is 10.4 Å². The topological polar surface area (TPSA) is 73.1 Å². The normalized spacial score (nSPS) is 13.2. The highest BCUT2D eigenvalue weighted by atomic mass is 16.3. The van der Waals surface area contributed by atoms with Gasteiger partial charge < -0.3 is 10.4 Å². The molecule has 0 radical (unpaired) electrons. The smallest absolute Gasteiger partial charge is 0.239 e. The van der Waals surface area contributed by atoms with Gasteiger partial charge in [0.1, 0.15) is 5.41 Å². The fraction of sp³-hybridized carbons (Fsp3) is 0.750. The molecule has 0 aromatic rings. The van der Waals surface area contributed by atoms with Crippen LogP contribution in [-0.4, -0.2) is 23.7 Å². The molecule has 0 bridgehead atoms. The fourth-order valence-corrected chi connectivity index (χ4v) is 0.512. The van der Waals surface area contributed by atoms with E-state index >= 15 is 0 Å². The Balaban J connectivity index is 3.99. The Morgan fingerprint density at radius 3 is 2.58 bits per heavy atom. The molecule has 0 spiro atoms. The predicted octanol–water partition coefficient (Wildman–Crippen LogP) is 0.0332. The van der Waals surface area contributed by atoms with Gasteiger partial charge in [-0.25, -0.2) is 0 Å². The van der Waals surface area contributed by atoms with Crippen LogP contribution in [0.2, 0.25) is 0 Å². The van der Waals surface area contributed by atoms with E-state index in [9.17, 15) is 4.79 Å². The van der Waals surface area contributed by atoms with Crippen molar-refractivity contribution in [2.24, 2.45) is 5.41 Å². The molecule has 0 rings (SSSR count). The number of aliphatic hydroxyl groups is 1. The third-order valence-corrected chi connectivity index (χ3v) is 1.41. The Kier molecular flexibility index (Phi) is 3.71. The van der Waals surface area contributed by atoms with Crippen LogP contribution in [0, 0.1) is 16.7 Å². The summed E-state index contributed by atoms with van der Waals surface area (Å²) in [4.78, 5) is 11.2. The van der Waals surface area contributed by atoms with Crippen LogP contribution in [-0.2, 0) is 4.79 Å². The zero-order valence-corrected chi connectivity index (χ0v) is 7.59. The Labute approximate surface area is 72.2 Å². The van der Waals surface area contributed by atoms with Crippen LogP contribution in [0.4, 0.5) is 0 Å². The van der Waals surface area contributed by atoms with Crippen LogP contribution >= 0.6 is 0 Å². The number of nitrogens with one attached hydrogen (secondary N) is 1. The second kappa shape index (κ2) is 4.07. The SMILES string of the molecule is CC(O)CNC(=O)C(C)(C)C#N. The zero-order chi connectivity index (χ0) is 9.78. The number of amides is 1. The maximum atomic E-state index is 11.2. The summed E-state index contributed by atoms with van der Waals surface area (Å²) in [6.45, 7) is 4.82. The number of carbonyl (C=O) groups is 1. The molecule has 0 aromatic heterocycles. The molecular formula is C8H14N2O2. The number of carbonyl (C=O) groups excluding carboxylic acids is 1. The van der Waals surface area contributed by atoms with E-state index in [1.54, 1.807) is 6.92 Å². The molecule has 0 aromatic carbocycles. The van der Waals surface area contributed by atoms with Gasteiger partial charge in [0.25, 0.3) is 0 Å². The second-order valence-electron chi connectivity index (χ2n) is 3.30. The van der Waals surface area contributed by atoms with Gasteiger partial charge >= 0.3 is 0 Å². The van der Waals surface area contributed by atoms with E-state index in [-0.39, 0.29) is 12.5 Å². The Morgan fingerprint density at radius 2 is 2.25 bits per heavy atom. The van der Waals surface area contributed by atoms with Crippen LogP contribution in [0.5, 0.6) is 0 Å².